The Hall–Kier alpha value is -2.58. The van der Waals surface area contributed by atoms with Gasteiger partial charge in [0.25, 0.3) is 0 Å². The van der Waals surface area contributed by atoms with E-state index in [0.717, 1.165) is 0 Å². The Balaban J connectivity index is 1.95. The molecule has 0 aromatic heterocycles. The van der Waals surface area contributed by atoms with E-state index in [1.54, 1.807) is 24.3 Å². The maximum Gasteiger partial charge on any atom is 0.243 e. The van der Waals surface area contributed by atoms with Crippen molar-refractivity contribution in [3.8, 4) is 6.07 Å². The summed E-state index contributed by atoms with van der Waals surface area (Å²) in [5.74, 6) is -0.772. The number of hydrogen-bond acceptors (Lipinski definition) is 3. The maximum absolute atomic E-state index is 13.4. The Kier molecular flexibility index (Phi) is 4.75. The number of amides is 1. The molecular weight excluding hydrogens is 293 g/mol. The first-order chi connectivity index (χ1) is 10.1. The number of nitrogens with one attached hydrogen (secondary N) is 2. The number of nitrogens with zero attached hydrogens (tertiary/aromatic N) is 1. The summed E-state index contributed by atoms with van der Waals surface area (Å²) in [6.07, 6.45) is 0. The van der Waals surface area contributed by atoms with Gasteiger partial charge in [-0.05, 0) is 30.3 Å². The fraction of sp³-hybridized carbons (Fsp3) is 0.0667. The monoisotopic (exact) mass is 303 g/mol. The van der Waals surface area contributed by atoms with Crippen molar-refractivity contribution in [2.75, 3.05) is 17.2 Å². The first kappa shape index (κ1) is 14.8. The lowest BCUT2D eigenvalue weighted by molar-refractivity contribution is -0.114. The zero-order valence-corrected chi connectivity index (χ0v) is 11.6. The van der Waals surface area contributed by atoms with E-state index in [2.05, 4.69) is 10.6 Å². The molecule has 0 heterocycles. The van der Waals surface area contributed by atoms with Crippen molar-refractivity contribution in [2.24, 2.45) is 0 Å². The molecule has 2 rings (SSSR count). The number of benzene rings is 2. The van der Waals surface area contributed by atoms with Crippen LogP contribution < -0.4 is 10.6 Å². The predicted molar refractivity (Wildman–Crippen MR) is 79.7 cm³/mol. The summed E-state index contributed by atoms with van der Waals surface area (Å²) in [5.41, 5.74) is 1.06. The summed E-state index contributed by atoms with van der Waals surface area (Å²) in [5, 5.41) is 14.3. The van der Waals surface area contributed by atoms with Crippen LogP contribution in [-0.2, 0) is 4.79 Å². The van der Waals surface area contributed by atoms with Crippen LogP contribution in [0.1, 0.15) is 5.56 Å². The highest BCUT2D eigenvalue weighted by Gasteiger charge is 2.06. The van der Waals surface area contributed by atoms with E-state index in [0.29, 0.717) is 11.3 Å². The standard InChI is InChI=1S/C15H11ClFN3O/c16-12-7-11(6-5-10(12)8-18)20-15(21)9-19-14-4-2-1-3-13(14)17/h1-7,19H,9H2,(H,20,21). The smallest absolute Gasteiger partial charge is 0.243 e. The average Bonchev–Trinajstić information content (AvgIpc) is 2.46. The van der Waals surface area contributed by atoms with Crippen molar-refractivity contribution in [1.82, 2.24) is 0 Å². The van der Waals surface area contributed by atoms with Crippen molar-refractivity contribution in [1.29, 1.82) is 5.26 Å². The molecule has 2 aromatic carbocycles. The summed E-state index contributed by atoms with van der Waals surface area (Å²) in [4.78, 5) is 11.8. The molecule has 0 saturated heterocycles. The van der Waals surface area contributed by atoms with E-state index in [1.165, 1.54) is 18.2 Å². The van der Waals surface area contributed by atoms with Gasteiger partial charge in [-0.1, -0.05) is 23.7 Å². The highest BCUT2D eigenvalue weighted by molar-refractivity contribution is 6.32. The van der Waals surface area contributed by atoms with E-state index in [9.17, 15) is 9.18 Å². The first-order valence-electron chi connectivity index (χ1n) is 6.08. The third-order valence-corrected chi connectivity index (χ3v) is 3.00. The summed E-state index contributed by atoms with van der Waals surface area (Å²) in [6, 6.07) is 12.6. The van der Waals surface area contributed by atoms with Crippen molar-refractivity contribution in [3.63, 3.8) is 0 Å². The van der Waals surface area contributed by atoms with E-state index in [1.807, 2.05) is 6.07 Å². The van der Waals surface area contributed by atoms with Gasteiger partial charge in [-0.15, -0.1) is 0 Å². The molecule has 0 atom stereocenters. The summed E-state index contributed by atoms with van der Waals surface area (Å²) < 4.78 is 13.4. The van der Waals surface area contributed by atoms with Gasteiger partial charge < -0.3 is 10.6 Å². The molecule has 1 amide bonds. The average molecular weight is 304 g/mol. The van der Waals surface area contributed by atoms with Crippen LogP contribution in [0.2, 0.25) is 5.02 Å². The van der Waals surface area contributed by atoms with Crippen LogP contribution in [0.4, 0.5) is 15.8 Å². The van der Waals surface area contributed by atoms with Crippen LogP contribution in [0.3, 0.4) is 0 Å². The predicted octanol–water partition coefficient (Wildman–Crippen LogP) is 3.40. The molecule has 0 aliphatic carbocycles. The minimum Gasteiger partial charge on any atom is -0.374 e. The number of carbonyl (C=O) groups is 1. The maximum atomic E-state index is 13.4. The van der Waals surface area contributed by atoms with Crippen LogP contribution in [0.15, 0.2) is 42.5 Å². The van der Waals surface area contributed by atoms with E-state index in [-0.39, 0.29) is 23.2 Å². The zero-order valence-electron chi connectivity index (χ0n) is 10.9. The SMILES string of the molecule is N#Cc1ccc(NC(=O)CNc2ccccc2F)cc1Cl. The van der Waals surface area contributed by atoms with Crippen molar-refractivity contribution < 1.29 is 9.18 Å². The molecule has 0 unspecified atom stereocenters. The second-order valence-electron chi connectivity index (χ2n) is 4.19. The van der Waals surface area contributed by atoms with Crippen LogP contribution >= 0.6 is 11.6 Å². The van der Waals surface area contributed by atoms with Gasteiger partial charge in [-0.25, -0.2) is 4.39 Å². The van der Waals surface area contributed by atoms with Gasteiger partial charge >= 0.3 is 0 Å². The Morgan fingerprint density at radius 3 is 2.71 bits per heavy atom. The molecule has 0 aliphatic rings. The summed E-state index contributed by atoms with van der Waals surface area (Å²) >= 11 is 5.87. The minimum absolute atomic E-state index is 0.0848. The third-order valence-electron chi connectivity index (χ3n) is 2.69. The minimum atomic E-state index is -0.424. The number of anilines is 2. The van der Waals surface area contributed by atoms with Crippen LogP contribution in [0, 0.1) is 17.1 Å². The molecule has 0 saturated carbocycles. The Morgan fingerprint density at radius 2 is 2.05 bits per heavy atom. The number of hydrogen-bond donors (Lipinski definition) is 2. The van der Waals surface area contributed by atoms with E-state index < -0.39 is 5.82 Å². The molecule has 0 aliphatic heterocycles. The number of carbonyl (C=O) groups excluding carboxylic acids is 1. The van der Waals surface area contributed by atoms with Gasteiger partial charge in [0.15, 0.2) is 0 Å². The second kappa shape index (κ2) is 6.73. The number of rotatable bonds is 4. The lowest BCUT2D eigenvalue weighted by Crippen LogP contribution is -2.22. The number of halogens is 2. The van der Waals surface area contributed by atoms with Crippen LogP contribution in [-0.4, -0.2) is 12.5 Å². The molecule has 0 bridgehead atoms. The molecule has 0 fully saturated rings. The largest absolute Gasteiger partial charge is 0.374 e. The molecule has 2 aromatic rings. The highest BCUT2D eigenvalue weighted by atomic mass is 35.5. The lowest BCUT2D eigenvalue weighted by Gasteiger charge is -2.09. The lowest BCUT2D eigenvalue weighted by atomic mass is 10.2. The third kappa shape index (κ3) is 3.94. The molecule has 6 heteroatoms. The van der Waals surface area contributed by atoms with Crippen molar-refractivity contribution >= 4 is 28.9 Å². The topological polar surface area (TPSA) is 64.9 Å². The molecular formula is C15H11ClFN3O. The molecule has 21 heavy (non-hydrogen) atoms. The molecule has 4 nitrogen and oxygen atoms in total. The second-order valence-corrected chi connectivity index (χ2v) is 4.60. The molecule has 2 N–H and O–H groups in total. The van der Waals surface area contributed by atoms with Gasteiger partial charge in [0.2, 0.25) is 5.91 Å². The number of nitriles is 1. The Morgan fingerprint density at radius 1 is 1.29 bits per heavy atom. The summed E-state index contributed by atoms with van der Waals surface area (Å²) in [6.45, 7) is -0.0848. The van der Waals surface area contributed by atoms with E-state index in [4.69, 9.17) is 16.9 Å². The van der Waals surface area contributed by atoms with Crippen LogP contribution in [0.5, 0.6) is 0 Å². The fourth-order valence-corrected chi connectivity index (χ4v) is 1.89. The van der Waals surface area contributed by atoms with Gasteiger partial charge in [-0.2, -0.15) is 5.26 Å². The zero-order chi connectivity index (χ0) is 15.2. The van der Waals surface area contributed by atoms with Gasteiger partial charge in [0.1, 0.15) is 11.9 Å². The number of para-hydroxylation sites is 1. The molecule has 0 radical (unpaired) electrons. The Bertz CT molecular complexity index is 712. The normalized spacial score (nSPS) is 9.76. The van der Waals surface area contributed by atoms with Crippen LogP contribution in [0.25, 0.3) is 0 Å². The van der Waals surface area contributed by atoms with Gasteiger partial charge in [0, 0.05) is 5.69 Å². The fourth-order valence-electron chi connectivity index (χ4n) is 1.67. The van der Waals surface area contributed by atoms with E-state index >= 15 is 0 Å². The van der Waals surface area contributed by atoms with Crippen molar-refractivity contribution in [3.05, 3.63) is 58.9 Å². The highest BCUT2D eigenvalue weighted by Crippen LogP contribution is 2.20. The quantitative estimate of drug-likeness (QED) is 0.910. The van der Waals surface area contributed by atoms with Crippen molar-refractivity contribution in [2.45, 2.75) is 0 Å². The van der Waals surface area contributed by atoms with Gasteiger partial charge in [-0.3, -0.25) is 4.79 Å². The Labute approximate surface area is 126 Å². The summed E-state index contributed by atoms with van der Waals surface area (Å²) in [7, 11) is 0. The first-order valence-corrected chi connectivity index (χ1v) is 6.46. The molecule has 0 spiro atoms. The van der Waals surface area contributed by atoms with Gasteiger partial charge in [0.05, 0.1) is 22.8 Å². The molecule has 106 valence electrons.